The minimum atomic E-state index is -0.407. The maximum absolute atomic E-state index is 11.1. The van der Waals surface area contributed by atoms with Crippen LogP contribution >= 0.6 is 0 Å². The molecular weight excluding hydrogens is 178 g/mol. The number of hydrogen-bond acceptors (Lipinski definition) is 3. The molecule has 0 aromatic carbocycles. The van der Waals surface area contributed by atoms with E-state index < -0.39 is 5.41 Å². The normalized spacial score (nSPS) is 21.1. The number of nitrogens with zero attached hydrogens (tertiary/aromatic N) is 2. The highest BCUT2D eigenvalue weighted by Gasteiger charge is 2.28. The van der Waals surface area contributed by atoms with Gasteiger partial charge in [-0.3, -0.25) is 9.69 Å². The van der Waals surface area contributed by atoms with E-state index in [1.165, 1.54) is 0 Å². The first-order valence-electron chi connectivity index (χ1n) is 5.12. The van der Waals surface area contributed by atoms with Crippen LogP contribution in [0.4, 0.5) is 0 Å². The van der Waals surface area contributed by atoms with Crippen molar-refractivity contribution in [3.05, 3.63) is 0 Å². The topological polar surface area (TPSA) is 49.6 Å². The van der Waals surface area contributed by atoms with Crippen molar-refractivity contribution in [3.63, 3.8) is 0 Å². The first kappa shape index (κ1) is 11.5. The molecule has 1 amide bonds. The fourth-order valence-electron chi connectivity index (χ4n) is 1.64. The lowest BCUT2D eigenvalue weighted by molar-refractivity contribution is -0.127. The lowest BCUT2D eigenvalue weighted by Crippen LogP contribution is -2.50. The summed E-state index contributed by atoms with van der Waals surface area (Å²) < 4.78 is 0. The highest BCUT2D eigenvalue weighted by atomic mass is 16.1. The quantitative estimate of drug-likeness (QED) is 0.681. The fraction of sp³-hybridized carbons (Fsp3) is 0.900. The summed E-state index contributed by atoms with van der Waals surface area (Å²) in [7, 11) is 2.12. The number of carbonyl (C=O) groups excluding carboxylic acids is 1. The van der Waals surface area contributed by atoms with Crippen molar-refractivity contribution in [1.82, 2.24) is 9.80 Å². The van der Waals surface area contributed by atoms with Crippen LogP contribution in [0.15, 0.2) is 0 Å². The van der Waals surface area contributed by atoms with E-state index in [2.05, 4.69) is 16.8 Å². The van der Waals surface area contributed by atoms with Crippen molar-refractivity contribution < 1.29 is 4.79 Å². The molecule has 0 atom stereocenters. The Bertz CT molecular complexity index is 207. The monoisotopic (exact) mass is 199 g/mol. The maximum atomic E-state index is 11.1. The molecule has 1 saturated heterocycles. The number of nitrogens with two attached hydrogens (primary N) is 1. The van der Waals surface area contributed by atoms with Crippen LogP contribution in [-0.4, -0.2) is 55.5 Å². The van der Waals surface area contributed by atoms with Gasteiger partial charge < -0.3 is 10.6 Å². The number of likely N-dealkylation sites (N-methyl/N-ethyl adjacent to an activating group) is 1. The minimum absolute atomic E-state index is 0.212. The van der Waals surface area contributed by atoms with Gasteiger partial charge >= 0.3 is 0 Å². The first-order chi connectivity index (χ1) is 6.42. The van der Waals surface area contributed by atoms with Crippen molar-refractivity contribution in [2.45, 2.75) is 13.8 Å². The molecule has 1 aliphatic rings. The molecule has 82 valence electrons. The average Bonchev–Trinajstić information content (AvgIpc) is 2.08. The molecule has 4 nitrogen and oxygen atoms in total. The molecule has 0 aromatic heterocycles. The van der Waals surface area contributed by atoms with Gasteiger partial charge in [-0.25, -0.2) is 0 Å². The van der Waals surface area contributed by atoms with Crippen LogP contribution in [0.2, 0.25) is 0 Å². The third-order valence-corrected chi connectivity index (χ3v) is 2.88. The standard InChI is InChI=1S/C10H21N3O/c1-10(2,9(11)14)8-13-6-4-12(3)5-7-13/h4-8H2,1-3H3,(H2,11,14). The van der Waals surface area contributed by atoms with Gasteiger partial charge in [0.25, 0.3) is 0 Å². The van der Waals surface area contributed by atoms with E-state index in [1.54, 1.807) is 0 Å². The molecule has 4 heteroatoms. The SMILES string of the molecule is CN1CCN(CC(C)(C)C(N)=O)CC1. The zero-order chi connectivity index (χ0) is 10.8. The number of hydrogen-bond donors (Lipinski definition) is 1. The molecule has 0 aliphatic carbocycles. The van der Waals surface area contributed by atoms with Gasteiger partial charge in [0.2, 0.25) is 5.91 Å². The lowest BCUT2D eigenvalue weighted by atomic mass is 9.92. The maximum Gasteiger partial charge on any atom is 0.224 e. The van der Waals surface area contributed by atoms with Crippen LogP contribution in [0.1, 0.15) is 13.8 Å². The summed E-state index contributed by atoms with van der Waals surface area (Å²) in [6, 6.07) is 0. The summed E-state index contributed by atoms with van der Waals surface area (Å²) in [6.07, 6.45) is 0. The molecule has 0 spiro atoms. The lowest BCUT2D eigenvalue weighted by Gasteiger charge is -2.36. The van der Waals surface area contributed by atoms with Gasteiger partial charge in [-0.05, 0) is 20.9 Å². The molecular formula is C10H21N3O. The molecule has 0 bridgehead atoms. The number of primary amides is 1. The van der Waals surface area contributed by atoms with Crippen molar-refractivity contribution in [2.75, 3.05) is 39.8 Å². The number of amides is 1. The molecule has 0 unspecified atom stereocenters. The van der Waals surface area contributed by atoms with Crippen LogP contribution in [-0.2, 0) is 4.79 Å². The van der Waals surface area contributed by atoms with Gasteiger partial charge in [0.1, 0.15) is 0 Å². The third kappa shape index (κ3) is 2.96. The van der Waals surface area contributed by atoms with Crippen molar-refractivity contribution in [2.24, 2.45) is 11.1 Å². The second-order valence-electron chi connectivity index (χ2n) is 4.83. The second-order valence-corrected chi connectivity index (χ2v) is 4.83. The Morgan fingerprint density at radius 3 is 2.21 bits per heavy atom. The highest BCUT2D eigenvalue weighted by molar-refractivity contribution is 5.80. The van der Waals surface area contributed by atoms with E-state index >= 15 is 0 Å². The van der Waals surface area contributed by atoms with Gasteiger partial charge in [0.05, 0.1) is 5.41 Å². The highest BCUT2D eigenvalue weighted by Crippen LogP contribution is 2.16. The summed E-state index contributed by atoms with van der Waals surface area (Å²) in [5, 5.41) is 0. The van der Waals surface area contributed by atoms with Crippen molar-refractivity contribution in [1.29, 1.82) is 0 Å². The summed E-state index contributed by atoms with van der Waals surface area (Å²) >= 11 is 0. The first-order valence-corrected chi connectivity index (χ1v) is 5.12. The van der Waals surface area contributed by atoms with Gasteiger partial charge in [0.15, 0.2) is 0 Å². The predicted octanol–water partition coefficient (Wildman–Crippen LogP) is -0.255. The molecule has 0 saturated carbocycles. The van der Waals surface area contributed by atoms with E-state index in [1.807, 2.05) is 13.8 Å². The molecule has 0 radical (unpaired) electrons. The molecule has 0 aromatic rings. The van der Waals surface area contributed by atoms with E-state index in [4.69, 9.17) is 5.73 Å². The summed E-state index contributed by atoms with van der Waals surface area (Å²) in [6.45, 7) is 8.82. The predicted molar refractivity (Wildman–Crippen MR) is 56.9 cm³/mol. The molecule has 14 heavy (non-hydrogen) atoms. The zero-order valence-corrected chi connectivity index (χ0v) is 9.42. The van der Waals surface area contributed by atoms with Crippen molar-refractivity contribution in [3.8, 4) is 0 Å². The van der Waals surface area contributed by atoms with Gasteiger partial charge in [0, 0.05) is 32.7 Å². The Kier molecular flexibility index (Phi) is 3.50. The Labute approximate surface area is 86.0 Å². The Hall–Kier alpha value is -0.610. The van der Waals surface area contributed by atoms with Crippen LogP contribution in [0.25, 0.3) is 0 Å². The third-order valence-electron chi connectivity index (χ3n) is 2.88. The van der Waals surface area contributed by atoms with Crippen LogP contribution < -0.4 is 5.73 Å². The van der Waals surface area contributed by atoms with E-state index in [-0.39, 0.29) is 5.91 Å². The largest absolute Gasteiger partial charge is 0.369 e. The van der Waals surface area contributed by atoms with Crippen molar-refractivity contribution >= 4 is 5.91 Å². The van der Waals surface area contributed by atoms with Gasteiger partial charge in [-0.15, -0.1) is 0 Å². The number of carbonyl (C=O) groups is 1. The average molecular weight is 199 g/mol. The summed E-state index contributed by atoms with van der Waals surface area (Å²) in [5.41, 5.74) is 4.93. The minimum Gasteiger partial charge on any atom is -0.369 e. The van der Waals surface area contributed by atoms with Gasteiger partial charge in [-0.1, -0.05) is 0 Å². The molecule has 1 rings (SSSR count). The molecule has 1 aliphatic heterocycles. The van der Waals surface area contributed by atoms with E-state index in [0.717, 1.165) is 32.7 Å². The second kappa shape index (κ2) is 4.28. The number of rotatable bonds is 3. The zero-order valence-electron chi connectivity index (χ0n) is 9.42. The Morgan fingerprint density at radius 2 is 1.79 bits per heavy atom. The summed E-state index contributed by atoms with van der Waals surface area (Å²) in [4.78, 5) is 15.8. The Balaban J connectivity index is 2.41. The number of piperazine rings is 1. The molecule has 2 N–H and O–H groups in total. The molecule has 1 heterocycles. The van der Waals surface area contributed by atoms with E-state index in [0.29, 0.717) is 0 Å². The van der Waals surface area contributed by atoms with E-state index in [9.17, 15) is 4.79 Å². The van der Waals surface area contributed by atoms with Gasteiger partial charge in [-0.2, -0.15) is 0 Å². The van der Waals surface area contributed by atoms with Crippen LogP contribution in [0.5, 0.6) is 0 Å². The summed E-state index contributed by atoms with van der Waals surface area (Å²) in [5.74, 6) is -0.212. The molecule has 1 fully saturated rings. The van der Waals surface area contributed by atoms with Crippen LogP contribution in [0.3, 0.4) is 0 Å². The van der Waals surface area contributed by atoms with Crippen LogP contribution in [0, 0.1) is 5.41 Å². The fourth-order valence-corrected chi connectivity index (χ4v) is 1.64. The smallest absolute Gasteiger partial charge is 0.224 e. The Morgan fingerprint density at radius 1 is 1.29 bits per heavy atom.